The molecule has 0 rings (SSSR count). The number of carboxylic acids is 1. The molecular formula is C11H18N2O5. The van der Waals surface area contributed by atoms with Gasteiger partial charge in [-0.1, -0.05) is 0 Å². The first-order chi connectivity index (χ1) is 8.61. The molecule has 102 valence electrons. The van der Waals surface area contributed by atoms with E-state index in [1.807, 2.05) is 6.07 Å². The van der Waals surface area contributed by atoms with E-state index in [1.54, 1.807) is 0 Å². The number of aliphatic carboxylic acids is 1. The van der Waals surface area contributed by atoms with Crippen LogP contribution in [0.4, 0.5) is 0 Å². The van der Waals surface area contributed by atoms with E-state index in [0.29, 0.717) is 13.0 Å². The van der Waals surface area contributed by atoms with Crippen LogP contribution < -0.4 is 5.32 Å². The number of carbonyl (C=O) groups is 2. The average Bonchev–Trinajstić information content (AvgIpc) is 2.33. The van der Waals surface area contributed by atoms with Crippen LogP contribution in [0.25, 0.3) is 0 Å². The molecule has 0 radical (unpaired) electrons. The van der Waals surface area contributed by atoms with Crippen LogP contribution in [0.5, 0.6) is 0 Å². The number of carboxylic acid groups (broad SMARTS) is 1. The van der Waals surface area contributed by atoms with Crippen LogP contribution in [-0.4, -0.2) is 50.0 Å². The second-order valence-corrected chi connectivity index (χ2v) is 3.55. The minimum absolute atomic E-state index is 0.203. The molecule has 1 amide bonds. The second kappa shape index (κ2) is 10.5. The molecule has 0 aromatic rings. The van der Waals surface area contributed by atoms with Gasteiger partial charge in [-0.05, 0) is 12.8 Å². The minimum Gasteiger partial charge on any atom is -0.480 e. The van der Waals surface area contributed by atoms with Crippen molar-refractivity contribution in [2.75, 3.05) is 26.9 Å². The molecule has 7 nitrogen and oxygen atoms in total. The summed E-state index contributed by atoms with van der Waals surface area (Å²) in [5, 5.41) is 19.6. The minimum atomic E-state index is -1.11. The number of carbonyl (C=O) groups excluding carboxylic acids is 1. The number of ether oxygens (including phenoxy) is 2. The summed E-state index contributed by atoms with van der Waals surface area (Å²) in [5.74, 6) is -1.60. The van der Waals surface area contributed by atoms with Gasteiger partial charge in [-0.3, -0.25) is 4.79 Å². The number of methoxy groups -OCH3 is 1. The zero-order valence-corrected chi connectivity index (χ0v) is 10.3. The zero-order valence-electron chi connectivity index (χ0n) is 10.3. The van der Waals surface area contributed by atoms with Crippen LogP contribution >= 0.6 is 0 Å². The zero-order chi connectivity index (χ0) is 13.8. The van der Waals surface area contributed by atoms with Crippen molar-refractivity contribution in [1.82, 2.24) is 5.32 Å². The molecule has 0 aliphatic heterocycles. The summed E-state index contributed by atoms with van der Waals surface area (Å²) in [6.07, 6.45) is 0.926. The number of hydrogen-bond acceptors (Lipinski definition) is 5. The number of nitrogens with zero attached hydrogens (tertiary/aromatic N) is 1. The van der Waals surface area contributed by atoms with Gasteiger partial charge in [-0.15, -0.1) is 0 Å². The van der Waals surface area contributed by atoms with E-state index in [9.17, 15) is 9.59 Å². The molecule has 2 N–H and O–H groups in total. The van der Waals surface area contributed by atoms with Crippen LogP contribution in [0.1, 0.15) is 19.3 Å². The molecule has 0 aromatic carbocycles. The summed E-state index contributed by atoms with van der Waals surface area (Å²) in [6.45, 7) is 0.444. The Morgan fingerprint density at radius 1 is 1.44 bits per heavy atom. The lowest BCUT2D eigenvalue weighted by molar-refractivity contribution is -0.142. The van der Waals surface area contributed by atoms with Crippen molar-refractivity contribution in [3.05, 3.63) is 0 Å². The van der Waals surface area contributed by atoms with E-state index in [0.717, 1.165) is 0 Å². The molecule has 0 fully saturated rings. The maximum absolute atomic E-state index is 11.3. The predicted octanol–water partition coefficient (Wildman–Crippen LogP) is -0.0873. The Labute approximate surface area is 106 Å². The van der Waals surface area contributed by atoms with E-state index < -0.39 is 17.9 Å². The molecule has 0 aromatic heterocycles. The Bertz CT molecular complexity index is 300. The van der Waals surface area contributed by atoms with Gasteiger partial charge in [0.25, 0.3) is 0 Å². The summed E-state index contributed by atoms with van der Waals surface area (Å²) in [6, 6.07) is 0.944. The Morgan fingerprint density at radius 2 is 2.17 bits per heavy atom. The van der Waals surface area contributed by atoms with Crippen LogP contribution in [0.3, 0.4) is 0 Å². The molecule has 7 heteroatoms. The van der Waals surface area contributed by atoms with Crippen molar-refractivity contribution >= 4 is 11.9 Å². The number of amides is 1. The van der Waals surface area contributed by atoms with Gasteiger partial charge in [0.15, 0.2) is 0 Å². The summed E-state index contributed by atoms with van der Waals surface area (Å²) in [7, 11) is 1.51. The molecule has 18 heavy (non-hydrogen) atoms. The average molecular weight is 258 g/mol. The van der Waals surface area contributed by atoms with Crippen LogP contribution in [0, 0.1) is 11.3 Å². The Kier molecular flexibility index (Phi) is 9.54. The van der Waals surface area contributed by atoms with E-state index in [-0.39, 0.29) is 26.1 Å². The third kappa shape index (κ3) is 8.50. The van der Waals surface area contributed by atoms with Crippen molar-refractivity contribution in [2.45, 2.75) is 25.3 Å². The molecule has 0 aliphatic carbocycles. The number of unbranched alkanes of at least 4 members (excludes halogenated alkanes) is 1. The van der Waals surface area contributed by atoms with Gasteiger partial charge in [0.1, 0.15) is 12.6 Å². The summed E-state index contributed by atoms with van der Waals surface area (Å²) >= 11 is 0. The quantitative estimate of drug-likeness (QED) is 0.530. The normalized spacial score (nSPS) is 11.6. The van der Waals surface area contributed by atoms with Gasteiger partial charge >= 0.3 is 5.97 Å². The fraction of sp³-hybridized carbons (Fsp3) is 0.727. The van der Waals surface area contributed by atoms with E-state index in [4.69, 9.17) is 19.8 Å². The van der Waals surface area contributed by atoms with Crippen molar-refractivity contribution < 1.29 is 24.2 Å². The number of nitrogens with one attached hydrogen (secondary N) is 1. The first kappa shape index (κ1) is 16.4. The maximum Gasteiger partial charge on any atom is 0.326 e. The third-order valence-electron chi connectivity index (χ3n) is 2.08. The monoisotopic (exact) mass is 258 g/mol. The SMILES string of the molecule is COCCOCC(=O)N[C@H](CCCC#N)C(=O)O. The second-order valence-electron chi connectivity index (χ2n) is 3.55. The van der Waals surface area contributed by atoms with Crippen molar-refractivity contribution in [3.8, 4) is 6.07 Å². The van der Waals surface area contributed by atoms with E-state index in [1.165, 1.54) is 7.11 Å². The molecule has 0 saturated carbocycles. The van der Waals surface area contributed by atoms with E-state index in [2.05, 4.69) is 5.32 Å². The predicted molar refractivity (Wildman–Crippen MR) is 61.7 cm³/mol. The molecule has 0 spiro atoms. The molecular weight excluding hydrogens is 240 g/mol. The van der Waals surface area contributed by atoms with Gasteiger partial charge in [0, 0.05) is 13.5 Å². The number of nitriles is 1. The summed E-state index contributed by atoms with van der Waals surface area (Å²) in [4.78, 5) is 22.2. The van der Waals surface area contributed by atoms with Gasteiger partial charge in [0.05, 0.1) is 19.3 Å². The topological polar surface area (TPSA) is 109 Å². The first-order valence-electron chi connectivity index (χ1n) is 5.57. The van der Waals surface area contributed by atoms with Gasteiger partial charge in [0.2, 0.25) is 5.91 Å². The molecule has 0 saturated heterocycles. The smallest absolute Gasteiger partial charge is 0.326 e. The summed E-state index contributed by atoms with van der Waals surface area (Å²) < 4.78 is 9.69. The Morgan fingerprint density at radius 3 is 2.72 bits per heavy atom. The molecule has 0 aliphatic rings. The third-order valence-corrected chi connectivity index (χ3v) is 2.08. The van der Waals surface area contributed by atoms with Crippen LogP contribution in [-0.2, 0) is 19.1 Å². The van der Waals surface area contributed by atoms with Gasteiger partial charge in [-0.25, -0.2) is 4.79 Å². The molecule has 0 heterocycles. The standard InChI is InChI=1S/C11H18N2O5/c1-17-6-7-18-8-10(14)13-9(11(15)16)4-2-3-5-12/h9H,2-4,6-8H2,1H3,(H,13,14)(H,15,16)/t9-/m1/s1. The van der Waals surface area contributed by atoms with Crippen molar-refractivity contribution in [3.63, 3.8) is 0 Å². The Balaban J connectivity index is 3.89. The number of rotatable bonds is 10. The maximum atomic E-state index is 11.3. The van der Waals surface area contributed by atoms with Crippen LogP contribution in [0.2, 0.25) is 0 Å². The lowest BCUT2D eigenvalue weighted by Crippen LogP contribution is -2.42. The lowest BCUT2D eigenvalue weighted by atomic mass is 10.1. The van der Waals surface area contributed by atoms with Crippen molar-refractivity contribution in [2.24, 2.45) is 0 Å². The first-order valence-corrected chi connectivity index (χ1v) is 5.57. The number of hydrogen-bond donors (Lipinski definition) is 2. The van der Waals surface area contributed by atoms with Crippen molar-refractivity contribution in [1.29, 1.82) is 5.26 Å². The highest BCUT2D eigenvalue weighted by Gasteiger charge is 2.19. The molecule has 1 atom stereocenters. The fourth-order valence-corrected chi connectivity index (χ4v) is 1.19. The van der Waals surface area contributed by atoms with Gasteiger partial charge < -0.3 is 19.9 Å². The van der Waals surface area contributed by atoms with Gasteiger partial charge in [-0.2, -0.15) is 5.26 Å². The van der Waals surface area contributed by atoms with Crippen LogP contribution in [0.15, 0.2) is 0 Å². The molecule has 0 bridgehead atoms. The highest BCUT2D eigenvalue weighted by molar-refractivity contribution is 5.84. The highest BCUT2D eigenvalue weighted by Crippen LogP contribution is 2.00. The lowest BCUT2D eigenvalue weighted by Gasteiger charge is -2.13. The van der Waals surface area contributed by atoms with E-state index >= 15 is 0 Å². The largest absolute Gasteiger partial charge is 0.480 e. The summed E-state index contributed by atoms with van der Waals surface area (Å²) in [5.41, 5.74) is 0. The molecule has 0 unspecified atom stereocenters. The highest BCUT2D eigenvalue weighted by atomic mass is 16.5. The Hall–Kier alpha value is -1.65. The fourth-order valence-electron chi connectivity index (χ4n) is 1.19.